The van der Waals surface area contributed by atoms with Gasteiger partial charge in [-0.25, -0.2) is 0 Å². The molecule has 0 fully saturated rings. The molecule has 0 aliphatic carbocycles. The van der Waals surface area contributed by atoms with Crippen LogP contribution in [0.4, 0.5) is 0 Å². The molecule has 284 valence electrons. The summed E-state index contributed by atoms with van der Waals surface area (Å²) in [6.45, 7) is 28.2. The molecule has 2 radical (unpaired) electrons. The largest absolute Gasteiger partial charge is 0.241 e. The van der Waals surface area contributed by atoms with Crippen molar-refractivity contribution < 1.29 is 0 Å². The van der Waals surface area contributed by atoms with Gasteiger partial charge in [0.1, 0.15) is 0 Å². The zero-order valence-corrected chi connectivity index (χ0v) is 38.5. The van der Waals surface area contributed by atoms with Gasteiger partial charge in [0.15, 0.2) is 17.6 Å². The predicted molar refractivity (Wildman–Crippen MR) is 261 cm³/mol. The molecule has 0 saturated heterocycles. The Kier molecular flexibility index (Phi) is 9.61. The van der Waals surface area contributed by atoms with E-state index in [-0.39, 0.29) is 13.4 Å². The quantitative estimate of drug-likeness (QED) is 0.237. The molecule has 0 spiro atoms. The summed E-state index contributed by atoms with van der Waals surface area (Å²) >= 11 is 0. The van der Waals surface area contributed by atoms with Gasteiger partial charge < -0.3 is 0 Å². The molecule has 0 amide bonds. The van der Waals surface area contributed by atoms with Gasteiger partial charge in [0.25, 0.3) is 0 Å². The van der Waals surface area contributed by atoms with Crippen LogP contribution in [0.25, 0.3) is 0 Å². The van der Waals surface area contributed by atoms with Crippen LogP contribution in [-0.2, 0) is 0 Å². The van der Waals surface area contributed by atoms with Gasteiger partial charge in [-0.05, 0) is 93.5 Å². The Morgan fingerprint density at radius 2 is 0.569 bits per heavy atom. The van der Waals surface area contributed by atoms with E-state index in [4.69, 9.17) is 0 Å². The monoisotopic (exact) mass is 780 g/mol. The van der Waals surface area contributed by atoms with Crippen LogP contribution >= 0.6 is 0 Å². The van der Waals surface area contributed by atoms with Crippen LogP contribution in [0.1, 0.15) is 66.8 Å². The SMILES string of the molecule is Cc1cc(C)c(B2c3ccccc3[Si](c3c(C)cc(C)cc3C)c3cc4c(cc32)[Si](c2c(C)cc(C)cc2C)c2ccccc2B4c2c(C)cc(C)cc2C)c(C)c1. The standard InChI is InChI=1S/C54H54B2Si2/c1-31-21-35(5)51(36(6)22-31)55-43-17-13-15-19-47(43)57(53-39(9)25-33(3)26-40(53)10)49-30-46-50(29-45(49)55)58(54-41(11)27-34(4)28-42(54)12)48-20-16-14-18-44(48)56(46)52-37(7)23-32(2)24-38(52)8/h13-30H,1-12H3. The van der Waals surface area contributed by atoms with E-state index in [1.807, 2.05) is 0 Å². The van der Waals surface area contributed by atoms with Crippen LogP contribution in [0, 0.1) is 83.1 Å². The smallest absolute Gasteiger partial charge is 0.0689 e. The van der Waals surface area contributed by atoms with Crippen LogP contribution in [0.5, 0.6) is 0 Å². The first-order chi connectivity index (χ1) is 27.7. The summed E-state index contributed by atoms with van der Waals surface area (Å²) in [4.78, 5) is 0. The number of aryl methyl sites for hydroxylation is 12. The van der Waals surface area contributed by atoms with E-state index in [1.165, 1.54) is 99.5 Å². The number of fused-ring (bicyclic) bond motifs is 4. The van der Waals surface area contributed by atoms with Crippen LogP contribution in [0.3, 0.4) is 0 Å². The lowest BCUT2D eigenvalue weighted by molar-refractivity contribution is 1.35. The molecular formula is C54H54B2Si2. The lowest BCUT2D eigenvalue weighted by atomic mass is 9.33. The maximum absolute atomic E-state index is 2.79. The third-order valence-electron chi connectivity index (χ3n) is 13.4. The normalized spacial score (nSPS) is 13.7. The van der Waals surface area contributed by atoms with E-state index in [0.29, 0.717) is 0 Å². The third kappa shape index (κ3) is 6.09. The highest BCUT2D eigenvalue weighted by atomic mass is 28.3. The molecule has 0 aromatic heterocycles. The van der Waals surface area contributed by atoms with Crippen molar-refractivity contribution in [2.45, 2.75) is 83.1 Å². The van der Waals surface area contributed by atoms with Crippen molar-refractivity contribution in [1.29, 1.82) is 0 Å². The van der Waals surface area contributed by atoms with Crippen LogP contribution in [0.2, 0.25) is 0 Å². The summed E-state index contributed by atoms with van der Waals surface area (Å²) in [7, 11) is -2.84. The van der Waals surface area contributed by atoms with E-state index in [2.05, 4.69) is 192 Å². The number of benzene rings is 7. The second-order valence-corrected chi connectivity index (χ2v) is 22.6. The molecule has 2 heterocycles. The summed E-state index contributed by atoms with van der Waals surface area (Å²) in [5.41, 5.74) is 25.6. The molecule has 0 atom stereocenters. The summed E-state index contributed by atoms with van der Waals surface area (Å²) in [6, 6.07) is 44.1. The lowest BCUT2D eigenvalue weighted by Gasteiger charge is -2.40. The molecule has 9 rings (SSSR count). The van der Waals surface area contributed by atoms with Crippen molar-refractivity contribution in [3.05, 3.63) is 176 Å². The molecule has 2 aliphatic rings. The Balaban J connectivity index is 1.47. The van der Waals surface area contributed by atoms with Gasteiger partial charge in [-0.1, -0.05) is 229 Å². The highest BCUT2D eigenvalue weighted by molar-refractivity contribution is 7.15. The first kappa shape index (κ1) is 38.6. The minimum absolute atomic E-state index is 0.152. The van der Waals surface area contributed by atoms with E-state index < -0.39 is 17.6 Å². The zero-order valence-electron chi connectivity index (χ0n) is 36.5. The van der Waals surface area contributed by atoms with Crippen LogP contribution in [0.15, 0.2) is 109 Å². The molecule has 58 heavy (non-hydrogen) atoms. The molecule has 0 bridgehead atoms. The summed E-state index contributed by atoms with van der Waals surface area (Å²) in [5, 5.41) is 9.37. The fourth-order valence-corrected chi connectivity index (χ4v) is 18.4. The average Bonchev–Trinajstić information content (AvgIpc) is 3.14. The highest BCUT2D eigenvalue weighted by Crippen LogP contribution is 2.17. The van der Waals surface area contributed by atoms with E-state index in [1.54, 1.807) is 31.1 Å². The average molecular weight is 781 g/mol. The van der Waals surface area contributed by atoms with Gasteiger partial charge in [0, 0.05) is 0 Å². The van der Waals surface area contributed by atoms with Gasteiger partial charge in [-0.3, -0.25) is 0 Å². The molecule has 0 nitrogen and oxygen atoms in total. The van der Waals surface area contributed by atoms with Crippen molar-refractivity contribution in [3.63, 3.8) is 0 Å². The molecule has 7 aromatic rings. The second kappa shape index (κ2) is 14.4. The lowest BCUT2D eigenvalue weighted by Crippen LogP contribution is -2.81. The fraction of sp³-hybridized carbons (Fsp3) is 0.222. The van der Waals surface area contributed by atoms with E-state index in [9.17, 15) is 0 Å². The van der Waals surface area contributed by atoms with Gasteiger partial charge in [0.05, 0.1) is 0 Å². The molecule has 0 N–H and O–H groups in total. The Morgan fingerprint density at radius 3 is 0.879 bits per heavy atom. The summed E-state index contributed by atoms with van der Waals surface area (Å²) in [5.74, 6) is 0. The van der Waals surface area contributed by atoms with Gasteiger partial charge in [-0.2, -0.15) is 0 Å². The van der Waals surface area contributed by atoms with Crippen molar-refractivity contribution in [1.82, 2.24) is 0 Å². The molecular weight excluding hydrogens is 726 g/mol. The summed E-state index contributed by atoms with van der Waals surface area (Å²) < 4.78 is 0. The molecule has 7 aromatic carbocycles. The molecule has 4 heteroatoms. The molecule has 0 saturated carbocycles. The maximum atomic E-state index is 2.79. The van der Waals surface area contributed by atoms with Crippen molar-refractivity contribution in [3.8, 4) is 0 Å². The van der Waals surface area contributed by atoms with Crippen molar-refractivity contribution >= 4 is 94.9 Å². The number of hydrogen-bond donors (Lipinski definition) is 0. The molecule has 2 aliphatic heterocycles. The first-order valence-corrected chi connectivity index (χ1v) is 24.2. The minimum Gasteiger partial charge on any atom is -0.0689 e. The number of hydrogen-bond acceptors (Lipinski definition) is 0. The second-order valence-electron chi connectivity index (χ2n) is 18.0. The van der Waals surface area contributed by atoms with Crippen LogP contribution in [-0.4, -0.2) is 31.0 Å². The minimum atomic E-state index is -1.42. The zero-order chi connectivity index (χ0) is 40.9. The Hall–Kier alpha value is -4.90. The van der Waals surface area contributed by atoms with E-state index in [0.717, 1.165) is 0 Å². The van der Waals surface area contributed by atoms with Gasteiger partial charge >= 0.3 is 0 Å². The third-order valence-corrected chi connectivity index (χ3v) is 19.9. The van der Waals surface area contributed by atoms with Gasteiger partial charge in [0.2, 0.25) is 13.4 Å². The van der Waals surface area contributed by atoms with E-state index >= 15 is 0 Å². The Morgan fingerprint density at radius 1 is 0.293 bits per heavy atom. The topological polar surface area (TPSA) is 0 Å². The maximum Gasteiger partial charge on any atom is 0.241 e. The van der Waals surface area contributed by atoms with Gasteiger partial charge in [-0.15, -0.1) is 0 Å². The Bertz CT molecular complexity index is 2370. The predicted octanol–water partition coefficient (Wildman–Crippen LogP) is 4.08. The van der Waals surface area contributed by atoms with Crippen LogP contribution < -0.4 is 63.9 Å². The fourth-order valence-electron chi connectivity index (χ4n) is 11.7. The first-order valence-electron chi connectivity index (χ1n) is 21.2. The molecule has 0 unspecified atom stereocenters. The van der Waals surface area contributed by atoms with Crippen molar-refractivity contribution in [2.75, 3.05) is 0 Å². The van der Waals surface area contributed by atoms with Crippen molar-refractivity contribution in [2.24, 2.45) is 0 Å². The highest BCUT2D eigenvalue weighted by Gasteiger charge is 2.45. The summed E-state index contributed by atoms with van der Waals surface area (Å²) in [6.07, 6.45) is 0. The number of rotatable bonds is 4. The Labute approximate surface area is 352 Å².